The summed E-state index contributed by atoms with van der Waals surface area (Å²) in [6.07, 6.45) is 4.60. The zero-order chi connectivity index (χ0) is 8.77. The molecular formula is C7H12ClNO2S. The van der Waals surface area contributed by atoms with Gasteiger partial charge in [-0.2, -0.15) is 13.1 Å². The first-order valence-electron chi connectivity index (χ1n) is 4.26. The topological polar surface area (TPSA) is 46.2 Å². The molecule has 0 aromatic carbocycles. The van der Waals surface area contributed by atoms with Crippen molar-refractivity contribution in [2.45, 2.75) is 31.7 Å². The molecule has 0 amide bonds. The van der Waals surface area contributed by atoms with Crippen LogP contribution >= 0.6 is 10.7 Å². The van der Waals surface area contributed by atoms with Gasteiger partial charge in [0.05, 0.1) is 0 Å². The van der Waals surface area contributed by atoms with Gasteiger partial charge in [-0.3, -0.25) is 0 Å². The van der Waals surface area contributed by atoms with E-state index in [1.54, 1.807) is 0 Å². The van der Waals surface area contributed by atoms with E-state index in [0.29, 0.717) is 5.92 Å². The fraction of sp³-hybridized carbons (Fsp3) is 1.00. The van der Waals surface area contributed by atoms with Crippen LogP contribution in [0.5, 0.6) is 0 Å². The Kier molecular flexibility index (Phi) is 2.09. The molecule has 1 N–H and O–H groups in total. The quantitative estimate of drug-likeness (QED) is 0.696. The molecule has 12 heavy (non-hydrogen) atoms. The van der Waals surface area contributed by atoms with Crippen LogP contribution in [0.25, 0.3) is 0 Å². The summed E-state index contributed by atoms with van der Waals surface area (Å²) in [5, 5.41) is 0. The Morgan fingerprint density at radius 3 is 2.42 bits per heavy atom. The third-order valence-electron chi connectivity index (χ3n) is 3.03. The lowest BCUT2D eigenvalue weighted by molar-refractivity contribution is 0.392. The van der Waals surface area contributed by atoms with E-state index < -0.39 is 9.24 Å². The Balaban J connectivity index is 2.00. The van der Waals surface area contributed by atoms with Gasteiger partial charge in [0.15, 0.2) is 0 Å². The zero-order valence-electron chi connectivity index (χ0n) is 6.66. The molecule has 0 spiro atoms. The van der Waals surface area contributed by atoms with Gasteiger partial charge in [0.1, 0.15) is 0 Å². The number of rotatable bonds is 2. The second-order valence-electron chi connectivity index (χ2n) is 3.84. The predicted molar refractivity (Wildman–Crippen MR) is 47.1 cm³/mol. The second-order valence-corrected chi connectivity index (χ2v) is 6.17. The van der Waals surface area contributed by atoms with Crippen molar-refractivity contribution in [3.63, 3.8) is 0 Å². The lowest BCUT2D eigenvalue weighted by Crippen LogP contribution is -2.35. The highest BCUT2D eigenvalue weighted by Crippen LogP contribution is 2.44. The molecule has 3 atom stereocenters. The molecule has 0 radical (unpaired) electrons. The van der Waals surface area contributed by atoms with Crippen molar-refractivity contribution < 1.29 is 8.42 Å². The van der Waals surface area contributed by atoms with Crippen molar-refractivity contribution in [2.24, 2.45) is 11.8 Å². The van der Waals surface area contributed by atoms with Gasteiger partial charge < -0.3 is 0 Å². The lowest BCUT2D eigenvalue weighted by Gasteiger charge is -2.20. The van der Waals surface area contributed by atoms with Gasteiger partial charge in [-0.1, -0.05) is 6.42 Å². The number of nitrogens with one attached hydrogen (secondary N) is 1. The largest absolute Gasteiger partial charge is 0.297 e. The minimum Gasteiger partial charge on any atom is -0.199 e. The van der Waals surface area contributed by atoms with Crippen LogP contribution in [0.15, 0.2) is 0 Å². The molecular weight excluding hydrogens is 198 g/mol. The second kappa shape index (κ2) is 2.86. The molecule has 0 aromatic rings. The first-order chi connectivity index (χ1) is 5.54. The summed E-state index contributed by atoms with van der Waals surface area (Å²) in [6, 6.07) is 0.117. The average molecular weight is 210 g/mol. The maximum atomic E-state index is 10.7. The zero-order valence-corrected chi connectivity index (χ0v) is 8.24. The maximum absolute atomic E-state index is 10.7. The van der Waals surface area contributed by atoms with Crippen LogP contribution < -0.4 is 4.72 Å². The predicted octanol–water partition coefficient (Wildman–Crippen LogP) is 1.25. The van der Waals surface area contributed by atoms with Gasteiger partial charge >= 0.3 is 0 Å². The Bertz CT molecular complexity index is 277. The normalized spacial score (nSPS) is 40.6. The maximum Gasteiger partial charge on any atom is 0.297 e. The van der Waals surface area contributed by atoms with Crippen molar-refractivity contribution in [1.82, 2.24) is 4.72 Å². The highest BCUT2D eigenvalue weighted by Gasteiger charge is 2.40. The first kappa shape index (κ1) is 8.78. The van der Waals surface area contributed by atoms with Gasteiger partial charge in [-0.25, -0.2) is 0 Å². The minimum absolute atomic E-state index is 0.117. The van der Waals surface area contributed by atoms with Crippen LogP contribution in [0.2, 0.25) is 0 Å². The summed E-state index contributed by atoms with van der Waals surface area (Å²) >= 11 is 0. The third kappa shape index (κ3) is 1.75. The molecule has 2 saturated carbocycles. The van der Waals surface area contributed by atoms with Crippen LogP contribution in [0.3, 0.4) is 0 Å². The molecule has 2 bridgehead atoms. The first-order valence-corrected chi connectivity index (χ1v) is 6.57. The van der Waals surface area contributed by atoms with Crippen molar-refractivity contribution in [2.75, 3.05) is 0 Å². The monoisotopic (exact) mass is 209 g/mol. The van der Waals surface area contributed by atoms with Crippen LogP contribution in [0.4, 0.5) is 0 Å². The standard InChI is InChI=1S/C7H12ClNO2S/c8-12(10,11)9-7-4-5-1-2-6(7)3-5/h5-7,9H,1-4H2. The average Bonchev–Trinajstić information content (AvgIpc) is 2.42. The van der Waals surface area contributed by atoms with Crippen LogP contribution in [-0.4, -0.2) is 14.5 Å². The van der Waals surface area contributed by atoms with E-state index in [1.165, 1.54) is 12.8 Å². The summed E-state index contributed by atoms with van der Waals surface area (Å²) in [5.41, 5.74) is 0. The fourth-order valence-corrected chi connectivity index (χ4v) is 3.56. The number of hydrogen-bond acceptors (Lipinski definition) is 2. The molecule has 3 nitrogen and oxygen atoms in total. The molecule has 2 aliphatic carbocycles. The molecule has 70 valence electrons. The van der Waals surface area contributed by atoms with Gasteiger partial charge in [-0.15, -0.1) is 0 Å². The highest BCUT2D eigenvalue weighted by molar-refractivity contribution is 8.12. The molecule has 2 aliphatic rings. The Hall–Kier alpha value is 0.200. The van der Waals surface area contributed by atoms with Crippen molar-refractivity contribution in [3.8, 4) is 0 Å². The molecule has 2 rings (SSSR count). The van der Waals surface area contributed by atoms with E-state index in [-0.39, 0.29) is 6.04 Å². The van der Waals surface area contributed by atoms with E-state index in [0.717, 1.165) is 18.8 Å². The van der Waals surface area contributed by atoms with Gasteiger partial charge in [-0.05, 0) is 31.1 Å². The fourth-order valence-electron chi connectivity index (χ4n) is 2.57. The van der Waals surface area contributed by atoms with Crippen LogP contribution in [0, 0.1) is 11.8 Å². The van der Waals surface area contributed by atoms with Crippen LogP contribution in [0.1, 0.15) is 25.7 Å². The molecule has 0 heterocycles. The molecule has 5 heteroatoms. The summed E-state index contributed by atoms with van der Waals surface area (Å²) in [4.78, 5) is 0. The summed E-state index contributed by atoms with van der Waals surface area (Å²) in [5.74, 6) is 1.29. The molecule has 0 aromatic heterocycles. The third-order valence-corrected chi connectivity index (χ3v) is 3.88. The van der Waals surface area contributed by atoms with Crippen molar-refractivity contribution in [3.05, 3.63) is 0 Å². The van der Waals surface area contributed by atoms with Crippen molar-refractivity contribution >= 4 is 19.9 Å². The Morgan fingerprint density at radius 2 is 2.00 bits per heavy atom. The number of hydrogen-bond donors (Lipinski definition) is 1. The smallest absolute Gasteiger partial charge is 0.199 e. The van der Waals surface area contributed by atoms with E-state index in [4.69, 9.17) is 10.7 Å². The SMILES string of the molecule is O=S(=O)(Cl)NC1CC2CCC1C2. The van der Waals surface area contributed by atoms with E-state index in [1.807, 2.05) is 0 Å². The van der Waals surface area contributed by atoms with Gasteiger partial charge in [0, 0.05) is 16.7 Å². The van der Waals surface area contributed by atoms with Gasteiger partial charge in [0.2, 0.25) is 0 Å². The van der Waals surface area contributed by atoms with E-state index >= 15 is 0 Å². The molecule has 2 fully saturated rings. The van der Waals surface area contributed by atoms with Crippen LogP contribution in [-0.2, 0) is 9.24 Å². The highest BCUT2D eigenvalue weighted by atomic mass is 35.7. The number of fused-ring (bicyclic) bond motifs is 2. The van der Waals surface area contributed by atoms with Crippen molar-refractivity contribution in [1.29, 1.82) is 0 Å². The Labute approximate surface area is 77.0 Å². The summed E-state index contributed by atoms with van der Waals surface area (Å²) < 4.78 is 23.9. The molecule has 0 aliphatic heterocycles. The van der Waals surface area contributed by atoms with E-state index in [9.17, 15) is 8.42 Å². The Morgan fingerprint density at radius 1 is 1.25 bits per heavy atom. The summed E-state index contributed by atoms with van der Waals surface area (Å²) in [7, 11) is 1.60. The number of halogens is 1. The lowest BCUT2D eigenvalue weighted by atomic mass is 9.96. The van der Waals surface area contributed by atoms with Gasteiger partial charge in [0.25, 0.3) is 9.24 Å². The van der Waals surface area contributed by atoms with E-state index in [2.05, 4.69) is 4.72 Å². The summed E-state index contributed by atoms with van der Waals surface area (Å²) in [6.45, 7) is 0. The molecule has 3 unspecified atom stereocenters. The molecule has 0 saturated heterocycles. The minimum atomic E-state index is -3.51.